The van der Waals surface area contributed by atoms with Gasteiger partial charge in [0.15, 0.2) is 0 Å². The molecule has 0 unspecified atom stereocenters. The maximum Gasteiger partial charge on any atom is 0.260 e. The number of fused-ring (bicyclic) bond motifs is 1. The maximum absolute atomic E-state index is 12.6. The Bertz CT molecular complexity index is 955. The van der Waals surface area contributed by atoms with Gasteiger partial charge in [0.1, 0.15) is 4.83 Å². The predicted octanol–water partition coefficient (Wildman–Crippen LogP) is 3.68. The molecule has 0 bridgehead atoms. The predicted molar refractivity (Wildman–Crippen MR) is 102 cm³/mol. The summed E-state index contributed by atoms with van der Waals surface area (Å²) in [5.41, 5.74) is 2.12. The van der Waals surface area contributed by atoms with Crippen molar-refractivity contribution in [3.05, 3.63) is 39.7 Å². The number of pyridine rings is 1. The normalized spacial score (nSPS) is 10.8. The Labute approximate surface area is 160 Å². The van der Waals surface area contributed by atoms with Crippen molar-refractivity contribution in [1.29, 1.82) is 0 Å². The van der Waals surface area contributed by atoms with Gasteiger partial charge >= 0.3 is 0 Å². The van der Waals surface area contributed by atoms with Crippen molar-refractivity contribution in [3.63, 3.8) is 0 Å². The minimum atomic E-state index is -0.293. The first-order valence-electron chi connectivity index (χ1n) is 7.24. The molecule has 10 heteroatoms. The van der Waals surface area contributed by atoms with Crippen LogP contribution in [0.1, 0.15) is 22.5 Å². The number of amides is 2. The summed E-state index contributed by atoms with van der Waals surface area (Å²) in [5.74, 6) is -0.263. The molecule has 2 N–H and O–H groups in total. The third-order valence-electron chi connectivity index (χ3n) is 3.35. The molecule has 0 radical (unpaired) electrons. The second-order valence-corrected chi connectivity index (χ2v) is 7.93. The summed E-state index contributed by atoms with van der Waals surface area (Å²) in [6.07, 6.45) is 5.05. The Morgan fingerprint density at radius 2 is 2.16 bits per heavy atom. The fraction of sp³-hybridized carbons (Fsp3) is 0.200. The lowest BCUT2D eigenvalue weighted by molar-refractivity contribution is -0.115. The average molecular weight is 443 g/mol. The van der Waals surface area contributed by atoms with Gasteiger partial charge in [0.25, 0.3) is 5.91 Å². The molecule has 0 aliphatic heterocycles. The minimum absolute atomic E-state index is 0.207. The van der Waals surface area contributed by atoms with Crippen molar-refractivity contribution in [3.8, 4) is 0 Å². The number of thiazole rings is 1. The number of hydrogen-bond donors (Lipinski definition) is 2. The number of aryl methyl sites for hydroxylation is 1. The molecule has 7 nitrogen and oxygen atoms in total. The van der Waals surface area contributed by atoms with Gasteiger partial charge in [-0.2, -0.15) is 5.10 Å². The molecule has 0 aromatic carbocycles. The standard InChI is InChI=1S/C15H13BrClN5O2S/c1-8-11(4-9(5-18-8)20-13(23)2-3-17)21-14(24)10-6-19-22-7-12(16)25-15(10)22/h4-7H,2-3H2,1H3,(H,20,23)(H,21,24). The van der Waals surface area contributed by atoms with Gasteiger partial charge in [0.05, 0.1) is 45.0 Å². The van der Waals surface area contributed by atoms with E-state index in [-0.39, 0.29) is 24.1 Å². The highest BCUT2D eigenvalue weighted by Gasteiger charge is 2.16. The van der Waals surface area contributed by atoms with Gasteiger partial charge in [-0.25, -0.2) is 4.52 Å². The number of rotatable bonds is 5. The number of carbonyl (C=O) groups is 2. The average Bonchev–Trinajstić information content (AvgIpc) is 3.09. The topological polar surface area (TPSA) is 88.4 Å². The molecular formula is C15H13BrClN5O2S. The largest absolute Gasteiger partial charge is 0.325 e. The van der Waals surface area contributed by atoms with Gasteiger partial charge in [-0.05, 0) is 28.9 Å². The van der Waals surface area contributed by atoms with E-state index < -0.39 is 0 Å². The second-order valence-electron chi connectivity index (χ2n) is 5.14. The fourth-order valence-electron chi connectivity index (χ4n) is 2.14. The van der Waals surface area contributed by atoms with Crippen LogP contribution in [0.25, 0.3) is 4.83 Å². The van der Waals surface area contributed by atoms with Crippen molar-refractivity contribution >= 4 is 66.9 Å². The summed E-state index contributed by atoms with van der Waals surface area (Å²) in [5, 5.41) is 9.67. The number of carbonyl (C=O) groups excluding carboxylic acids is 2. The summed E-state index contributed by atoms with van der Waals surface area (Å²) in [4.78, 5) is 29.2. The Kier molecular flexibility index (Phi) is 5.36. The van der Waals surface area contributed by atoms with E-state index in [2.05, 4.69) is 36.6 Å². The highest BCUT2D eigenvalue weighted by molar-refractivity contribution is 9.11. The van der Waals surface area contributed by atoms with E-state index in [0.717, 1.165) is 8.62 Å². The van der Waals surface area contributed by atoms with Crippen LogP contribution in [-0.4, -0.2) is 32.3 Å². The van der Waals surface area contributed by atoms with Gasteiger partial charge in [-0.3, -0.25) is 14.6 Å². The van der Waals surface area contributed by atoms with E-state index in [1.165, 1.54) is 23.7 Å². The highest BCUT2D eigenvalue weighted by Crippen LogP contribution is 2.27. The van der Waals surface area contributed by atoms with Gasteiger partial charge in [-0.15, -0.1) is 22.9 Å². The fourth-order valence-corrected chi connectivity index (χ4v) is 3.75. The summed E-state index contributed by atoms with van der Waals surface area (Å²) in [6.45, 7) is 1.77. The molecule has 0 saturated carbocycles. The van der Waals surface area contributed by atoms with Crippen molar-refractivity contribution in [2.45, 2.75) is 13.3 Å². The number of halogens is 2. The van der Waals surface area contributed by atoms with Crippen LogP contribution in [0.3, 0.4) is 0 Å². The first-order valence-corrected chi connectivity index (χ1v) is 9.39. The summed E-state index contributed by atoms with van der Waals surface area (Å²) in [7, 11) is 0. The van der Waals surface area contributed by atoms with E-state index in [0.29, 0.717) is 22.6 Å². The summed E-state index contributed by atoms with van der Waals surface area (Å²) < 4.78 is 2.52. The lowest BCUT2D eigenvalue weighted by atomic mass is 10.2. The molecule has 0 atom stereocenters. The molecule has 2 amide bonds. The summed E-state index contributed by atoms with van der Waals surface area (Å²) in [6, 6.07) is 1.66. The Morgan fingerprint density at radius 1 is 1.36 bits per heavy atom. The number of alkyl halides is 1. The monoisotopic (exact) mass is 441 g/mol. The highest BCUT2D eigenvalue weighted by atomic mass is 79.9. The molecule has 3 heterocycles. The Balaban J connectivity index is 1.81. The molecule has 0 aliphatic rings. The molecule has 0 fully saturated rings. The third kappa shape index (κ3) is 4.00. The van der Waals surface area contributed by atoms with Gasteiger partial charge in [0, 0.05) is 12.3 Å². The van der Waals surface area contributed by atoms with E-state index in [1.54, 1.807) is 23.7 Å². The van der Waals surface area contributed by atoms with Crippen molar-refractivity contribution in [1.82, 2.24) is 14.6 Å². The molecule has 3 aromatic heterocycles. The van der Waals surface area contributed by atoms with Gasteiger partial charge in [-0.1, -0.05) is 0 Å². The zero-order chi connectivity index (χ0) is 18.0. The maximum atomic E-state index is 12.6. The van der Waals surface area contributed by atoms with Gasteiger partial charge in [0.2, 0.25) is 5.91 Å². The molecule has 0 saturated heterocycles. The first-order chi connectivity index (χ1) is 12.0. The second kappa shape index (κ2) is 7.51. The molecule has 25 heavy (non-hydrogen) atoms. The lowest BCUT2D eigenvalue weighted by Crippen LogP contribution is -2.15. The van der Waals surface area contributed by atoms with E-state index in [1.807, 2.05) is 0 Å². The van der Waals surface area contributed by atoms with Crippen molar-refractivity contribution in [2.75, 3.05) is 16.5 Å². The number of aromatic nitrogens is 3. The molecule has 130 valence electrons. The van der Waals surface area contributed by atoms with Crippen LogP contribution in [0, 0.1) is 6.92 Å². The van der Waals surface area contributed by atoms with Crippen LogP contribution < -0.4 is 10.6 Å². The minimum Gasteiger partial charge on any atom is -0.325 e. The molecule has 3 rings (SSSR count). The number of nitrogens with zero attached hydrogens (tertiary/aromatic N) is 3. The molecule has 0 aliphatic carbocycles. The Morgan fingerprint density at radius 3 is 2.92 bits per heavy atom. The number of nitrogens with one attached hydrogen (secondary N) is 2. The number of hydrogen-bond acceptors (Lipinski definition) is 5. The Hall–Kier alpha value is -1.97. The smallest absolute Gasteiger partial charge is 0.260 e. The van der Waals surface area contributed by atoms with Crippen molar-refractivity contribution < 1.29 is 9.59 Å². The van der Waals surface area contributed by atoms with Crippen LogP contribution >= 0.6 is 38.9 Å². The quantitative estimate of drug-likeness (QED) is 0.590. The van der Waals surface area contributed by atoms with Crippen LogP contribution in [-0.2, 0) is 4.79 Å². The van der Waals surface area contributed by atoms with E-state index in [4.69, 9.17) is 11.6 Å². The van der Waals surface area contributed by atoms with Crippen LogP contribution in [0.5, 0.6) is 0 Å². The molecule has 0 spiro atoms. The van der Waals surface area contributed by atoms with E-state index in [9.17, 15) is 9.59 Å². The SMILES string of the molecule is Cc1ncc(NC(=O)CCCl)cc1NC(=O)c1cnn2cc(Br)sc12. The molecule has 3 aromatic rings. The van der Waals surface area contributed by atoms with Crippen molar-refractivity contribution in [2.24, 2.45) is 0 Å². The third-order valence-corrected chi connectivity index (χ3v) is 5.13. The van der Waals surface area contributed by atoms with Crippen LogP contribution in [0.4, 0.5) is 11.4 Å². The zero-order valence-corrected chi connectivity index (χ0v) is 16.2. The first kappa shape index (κ1) is 17.8. The summed E-state index contributed by atoms with van der Waals surface area (Å²) >= 11 is 10.3. The van der Waals surface area contributed by atoms with Crippen LogP contribution in [0.15, 0.2) is 28.4 Å². The lowest BCUT2D eigenvalue weighted by Gasteiger charge is -2.10. The van der Waals surface area contributed by atoms with E-state index >= 15 is 0 Å². The number of anilines is 2. The molecular weight excluding hydrogens is 430 g/mol. The zero-order valence-electron chi connectivity index (χ0n) is 13.0. The van der Waals surface area contributed by atoms with Gasteiger partial charge < -0.3 is 10.6 Å². The van der Waals surface area contributed by atoms with Crippen LogP contribution in [0.2, 0.25) is 0 Å².